The van der Waals surface area contributed by atoms with Gasteiger partial charge in [-0.25, -0.2) is 9.78 Å². The van der Waals surface area contributed by atoms with E-state index >= 15 is 0 Å². The lowest BCUT2D eigenvalue weighted by atomic mass is 10.3. The second kappa shape index (κ2) is 8.52. The standard InChI is InChI=1S/C17H18N2O5/c1-22-12-6-8-13(9-7-12)24-11-10-18-16(20)14-4-3-5-15(19-14)17(21)23-2/h3-9H,10-11H2,1-2H3,(H,18,20). The van der Waals surface area contributed by atoms with Crippen molar-refractivity contribution >= 4 is 11.9 Å². The number of amides is 1. The Morgan fingerprint density at radius 1 is 1.00 bits per heavy atom. The highest BCUT2D eigenvalue weighted by Gasteiger charge is 2.12. The molecule has 0 saturated heterocycles. The van der Waals surface area contributed by atoms with Crippen LogP contribution in [0.3, 0.4) is 0 Å². The zero-order valence-electron chi connectivity index (χ0n) is 13.4. The van der Waals surface area contributed by atoms with Gasteiger partial charge < -0.3 is 19.5 Å². The number of carbonyl (C=O) groups is 2. The first kappa shape index (κ1) is 17.3. The number of nitrogens with zero attached hydrogens (tertiary/aromatic N) is 1. The van der Waals surface area contributed by atoms with Crippen LogP contribution in [0.2, 0.25) is 0 Å². The number of esters is 1. The zero-order valence-corrected chi connectivity index (χ0v) is 13.4. The Hall–Kier alpha value is -3.09. The van der Waals surface area contributed by atoms with Crippen LogP contribution in [0, 0.1) is 0 Å². The van der Waals surface area contributed by atoms with Gasteiger partial charge in [-0.1, -0.05) is 6.07 Å². The van der Waals surface area contributed by atoms with Gasteiger partial charge in [0, 0.05) is 0 Å². The quantitative estimate of drug-likeness (QED) is 0.614. The van der Waals surface area contributed by atoms with Gasteiger partial charge in [-0.05, 0) is 36.4 Å². The van der Waals surface area contributed by atoms with E-state index in [0.29, 0.717) is 18.9 Å². The van der Waals surface area contributed by atoms with Gasteiger partial charge in [-0.15, -0.1) is 0 Å². The summed E-state index contributed by atoms with van der Waals surface area (Å²) >= 11 is 0. The predicted octanol–water partition coefficient (Wildman–Crippen LogP) is 1.69. The topological polar surface area (TPSA) is 86.8 Å². The van der Waals surface area contributed by atoms with Crippen LogP contribution in [0.15, 0.2) is 42.5 Å². The molecule has 0 aliphatic carbocycles. The van der Waals surface area contributed by atoms with E-state index in [-0.39, 0.29) is 17.3 Å². The number of carbonyl (C=O) groups excluding carboxylic acids is 2. The first-order valence-electron chi connectivity index (χ1n) is 7.24. The summed E-state index contributed by atoms with van der Waals surface area (Å²) in [7, 11) is 2.85. The fourth-order valence-corrected chi connectivity index (χ4v) is 1.88. The van der Waals surface area contributed by atoms with Crippen LogP contribution in [-0.2, 0) is 4.74 Å². The van der Waals surface area contributed by atoms with E-state index in [1.54, 1.807) is 37.4 Å². The molecular weight excluding hydrogens is 312 g/mol. The highest BCUT2D eigenvalue weighted by atomic mass is 16.5. The van der Waals surface area contributed by atoms with E-state index < -0.39 is 5.97 Å². The van der Waals surface area contributed by atoms with Gasteiger partial charge in [-0.3, -0.25) is 4.79 Å². The average Bonchev–Trinajstić information content (AvgIpc) is 2.65. The number of ether oxygens (including phenoxy) is 3. The van der Waals surface area contributed by atoms with Crippen molar-refractivity contribution in [3.63, 3.8) is 0 Å². The molecule has 0 aliphatic rings. The Morgan fingerprint density at radius 2 is 1.67 bits per heavy atom. The molecule has 1 aromatic carbocycles. The van der Waals surface area contributed by atoms with Gasteiger partial charge in [0.05, 0.1) is 20.8 Å². The van der Waals surface area contributed by atoms with Gasteiger partial charge in [0.15, 0.2) is 0 Å². The van der Waals surface area contributed by atoms with Crippen molar-refractivity contribution in [1.82, 2.24) is 10.3 Å². The molecule has 1 N–H and O–H groups in total. The van der Waals surface area contributed by atoms with Gasteiger partial charge in [-0.2, -0.15) is 0 Å². The first-order chi connectivity index (χ1) is 11.6. The van der Waals surface area contributed by atoms with Crippen LogP contribution >= 0.6 is 0 Å². The lowest BCUT2D eigenvalue weighted by molar-refractivity contribution is 0.0594. The minimum Gasteiger partial charge on any atom is -0.497 e. The van der Waals surface area contributed by atoms with Gasteiger partial charge in [0.2, 0.25) is 0 Å². The Kier molecular flexibility index (Phi) is 6.13. The Bertz CT molecular complexity index is 700. The molecule has 1 amide bonds. The molecule has 0 bridgehead atoms. The second-order valence-corrected chi connectivity index (χ2v) is 4.68. The molecule has 126 valence electrons. The molecule has 1 heterocycles. The van der Waals surface area contributed by atoms with Crippen molar-refractivity contribution in [2.75, 3.05) is 27.4 Å². The normalized spacial score (nSPS) is 9.92. The number of nitrogens with one attached hydrogen (secondary N) is 1. The number of aromatic nitrogens is 1. The molecular formula is C17H18N2O5. The van der Waals surface area contributed by atoms with Crippen LogP contribution in [0.5, 0.6) is 11.5 Å². The van der Waals surface area contributed by atoms with Crippen LogP contribution < -0.4 is 14.8 Å². The molecule has 7 heteroatoms. The minimum absolute atomic E-state index is 0.0830. The largest absolute Gasteiger partial charge is 0.497 e. The number of pyridine rings is 1. The summed E-state index contributed by atoms with van der Waals surface area (Å²) in [5, 5.41) is 2.67. The third kappa shape index (κ3) is 4.70. The summed E-state index contributed by atoms with van der Waals surface area (Å²) in [5.74, 6) is 0.439. The lowest BCUT2D eigenvalue weighted by Crippen LogP contribution is -2.29. The Morgan fingerprint density at radius 3 is 2.33 bits per heavy atom. The summed E-state index contributed by atoms with van der Waals surface area (Å²) in [6, 6.07) is 11.7. The van der Waals surface area contributed by atoms with Crippen molar-refractivity contribution in [2.45, 2.75) is 0 Å². The smallest absolute Gasteiger partial charge is 0.356 e. The van der Waals surface area contributed by atoms with Crippen molar-refractivity contribution in [1.29, 1.82) is 0 Å². The predicted molar refractivity (Wildman–Crippen MR) is 86.4 cm³/mol. The highest BCUT2D eigenvalue weighted by Crippen LogP contribution is 2.16. The maximum atomic E-state index is 12.0. The van der Waals surface area contributed by atoms with Crippen molar-refractivity contribution in [3.8, 4) is 11.5 Å². The van der Waals surface area contributed by atoms with Gasteiger partial charge >= 0.3 is 5.97 Å². The van der Waals surface area contributed by atoms with E-state index in [1.807, 2.05) is 0 Å². The average molecular weight is 330 g/mol. The van der Waals surface area contributed by atoms with Crippen LogP contribution in [0.1, 0.15) is 21.0 Å². The van der Waals surface area contributed by atoms with Crippen LogP contribution in [0.4, 0.5) is 0 Å². The maximum absolute atomic E-state index is 12.0. The van der Waals surface area contributed by atoms with Crippen LogP contribution in [0.25, 0.3) is 0 Å². The molecule has 2 rings (SSSR count). The van der Waals surface area contributed by atoms with E-state index in [2.05, 4.69) is 15.0 Å². The van der Waals surface area contributed by atoms with Crippen molar-refractivity contribution in [3.05, 3.63) is 53.9 Å². The fraction of sp³-hybridized carbons (Fsp3) is 0.235. The fourth-order valence-electron chi connectivity index (χ4n) is 1.88. The number of hydrogen-bond donors (Lipinski definition) is 1. The molecule has 1 aromatic heterocycles. The molecule has 0 atom stereocenters. The van der Waals surface area contributed by atoms with Gasteiger partial charge in [0.25, 0.3) is 5.91 Å². The van der Waals surface area contributed by atoms with E-state index in [0.717, 1.165) is 5.75 Å². The third-order valence-corrected chi connectivity index (χ3v) is 3.09. The molecule has 0 spiro atoms. The zero-order chi connectivity index (χ0) is 17.4. The summed E-state index contributed by atoms with van der Waals surface area (Å²) in [6.45, 7) is 0.601. The molecule has 0 aliphatic heterocycles. The molecule has 7 nitrogen and oxygen atoms in total. The number of rotatable bonds is 7. The summed E-state index contributed by atoms with van der Waals surface area (Å²) in [5.41, 5.74) is 0.224. The molecule has 0 radical (unpaired) electrons. The maximum Gasteiger partial charge on any atom is 0.356 e. The van der Waals surface area contributed by atoms with Gasteiger partial charge in [0.1, 0.15) is 29.5 Å². The monoisotopic (exact) mass is 330 g/mol. The minimum atomic E-state index is -0.590. The van der Waals surface area contributed by atoms with Crippen LogP contribution in [-0.4, -0.2) is 44.2 Å². The summed E-state index contributed by atoms with van der Waals surface area (Å²) < 4.78 is 15.1. The van der Waals surface area contributed by atoms with E-state index in [4.69, 9.17) is 9.47 Å². The molecule has 0 saturated carbocycles. The second-order valence-electron chi connectivity index (χ2n) is 4.68. The van der Waals surface area contributed by atoms with Crippen molar-refractivity contribution in [2.24, 2.45) is 0 Å². The highest BCUT2D eigenvalue weighted by molar-refractivity contribution is 5.94. The van der Waals surface area contributed by atoms with Crippen molar-refractivity contribution < 1.29 is 23.8 Å². The Labute approximate surface area is 139 Å². The summed E-state index contributed by atoms with van der Waals surface area (Å²) in [4.78, 5) is 27.4. The number of hydrogen-bond acceptors (Lipinski definition) is 6. The SMILES string of the molecule is COC(=O)c1cccc(C(=O)NCCOc2ccc(OC)cc2)n1. The Balaban J connectivity index is 1.81. The summed E-state index contributed by atoms with van der Waals surface area (Å²) in [6.07, 6.45) is 0. The number of methoxy groups -OCH3 is 2. The molecule has 0 unspecified atom stereocenters. The number of benzene rings is 1. The lowest BCUT2D eigenvalue weighted by Gasteiger charge is -2.08. The molecule has 2 aromatic rings. The first-order valence-corrected chi connectivity index (χ1v) is 7.24. The van der Waals surface area contributed by atoms with E-state index in [9.17, 15) is 9.59 Å². The van der Waals surface area contributed by atoms with E-state index in [1.165, 1.54) is 19.2 Å². The third-order valence-electron chi connectivity index (χ3n) is 3.09. The molecule has 24 heavy (non-hydrogen) atoms. The molecule has 0 fully saturated rings.